The average Bonchev–Trinajstić information content (AvgIpc) is 2.89. The number of hydrogen-bond donors (Lipinski definition) is 2. The smallest absolute Gasteiger partial charge is 0.375 e. The molecular weight excluding hydrogens is 236 g/mol. The number of carboxylic acids is 1. The van der Waals surface area contributed by atoms with E-state index in [1.54, 1.807) is 17.5 Å². The minimum atomic E-state index is -1.15. The molecule has 3 rings (SSSR count). The van der Waals surface area contributed by atoms with Gasteiger partial charge in [-0.3, -0.25) is 4.40 Å². The Kier molecular flexibility index (Phi) is 2.03. The number of nitrogens with zero attached hydrogens (tertiary/aromatic N) is 3. The number of aromatic amines is 1. The Hall–Kier alpha value is -2.57. The maximum absolute atomic E-state index is 11.0. The molecule has 0 saturated heterocycles. The van der Waals surface area contributed by atoms with Crippen molar-refractivity contribution in [1.29, 1.82) is 0 Å². The number of aryl methyl sites for hydroxylation is 2. The summed E-state index contributed by atoms with van der Waals surface area (Å²) in [6, 6.07) is 0. The van der Waals surface area contributed by atoms with Crippen molar-refractivity contribution in [3.63, 3.8) is 0 Å². The Morgan fingerprint density at radius 3 is 2.89 bits per heavy atom. The van der Waals surface area contributed by atoms with Crippen LogP contribution in [0.25, 0.3) is 17.0 Å². The first-order valence-electron chi connectivity index (χ1n) is 5.30. The average molecular weight is 246 g/mol. The van der Waals surface area contributed by atoms with Gasteiger partial charge in [0.05, 0.1) is 17.0 Å². The lowest BCUT2D eigenvalue weighted by molar-refractivity contribution is 0.0653. The summed E-state index contributed by atoms with van der Waals surface area (Å²) in [5.41, 5.74) is 2.42. The molecule has 3 aromatic rings. The maximum atomic E-state index is 11.0. The van der Waals surface area contributed by atoms with Gasteiger partial charge in [-0.1, -0.05) is 5.16 Å². The van der Waals surface area contributed by atoms with Crippen LogP contribution in [0.5, 0.6) is 0 Å². The second kappa shape index (κ2) is 3.46. The molecule has 3 aromatic heterocycles. The van der Waals surface area contributed by atoms with Crippen LogP contribution >= 0.6 is 0 Å². The first kappa shape index (κ1) is 10.6. The van der Waals surface area contributed by atoms with E-state index in [1.165, 1.54) is 0 Å². The van der Waals surface area contributed by atoms with Gasteiger partial charge in [-0.2, -0.15) is 0 Å². The van der Waals surface area contributed by atoms with Crippen molar-refractivity contribution < 1.29 is 14.4 Å². The standard InChI is InChI=1S/C11H10N4O3/c1-5-3-15-4-7(13-11(15)12-5)8-6(2)14-18-9(8)10(16)17/h3-4H,1-2H3,(H,12,13)(H,16,17). The third-order valence-corrected chi connectivity index (χ3v) is 2.69. The number of imidazole rings is 2. The highest BCUT2D eigenvalue weighted by Gasteiger charge is 2.23. The topological polar surface area (TPSA) is 96.4 Å². The van der Waals surface area contributed by atoms with Crippen LogP contribution in [-0.2, 0) is 0 Å². The molecule has 0 aliphatic rings. The Balaban J connectivity index is 2.22. The predicted octanol–water partition coefficient (Wildman–Crippen LogP) is 1.63. The molecule has 0 aromatic carbocycles. The molecule has 0 saturated carbocycles. The summed E-state index contributed by atoms with van der Waals surface area (Å²) in [5.74, 6) is -0.692. The molecule has 3 heterocycles. The first-order valence-corrected chi connectivity index (χ1v) is 5.30. The molecule has 0 bridgehead atoms. The molecule has 7 nitrogen and oxygen atoms in total. The summed E-state index contributed by atoms with van der Waals surface area (Å²) >= 11 is 0. The molecule has 0 spiro atoms. The number of H-pyrrole nitrogens is 1. The van der Waals surface area contributed by atoms with Crippen LogP contribution in [0.15, 0.2) is 16.9 Å². The van der Waals surface area contributed by atoms with E-state index >= 15 is 0 Å². The molecule has 0 aliphatic carbocycles. The third-order valence-electron chi connectivity index (χ3n) is 2.69. The van der Waals surface area contributed by atoms with E-state index in [1.807, 2.05) is 13.1 Å². The summed E-state index contributed by atoms with van der Waals surface area (Å²) in [7, 11) is 0. The zero-order chi connectivity index (χ0) is 12.9. The molecule has 0 radical (unpaired) electrons. The molecule has 0 aliphatic heterocycles. The lowest BCUT2D eigenvalue weighted by Gasteiger charge is -1.93. The number of carboxylic acid groups (broad SMARTS) is 1. The fourth-order valence-electron chi connectivity index (χ4n) is 1.94. The largest absolute Gasteiger partial charge is 0.475 e. The van der Waals surface area contributed by atoms with Crippen LogP contribution in [0, 0.1) is 13.8 Å². The van der Waals surface area contributed by atoms with Crippen LogP contribution in [-0.4, -0.2) is 30.6 Å². The molecule has 92 valence electrons. The lowest BCUT2D eigenvalue weighted by Crippen LogP contribution is -1.96. The van der Waals surface area contributed by atoms with E-state index in [0.717, 1.165) is 5.69 Å². The summed E-state index contributed by atoms with van der Waals surface area (Å²) in [6.07, 6.45) is 3.61. The lowest BCUT2D eigenvalue weighted by atomic mass is 10.1. The van der Waals surface area contributed by atoms with Gasteiger partial charge < -0.3 is 14.6 Å². The van der Waals surface area contributed by atoms with Crippen LogP contribution in [0.3, 0.4) is 0 Å². The monoisotopic (exact) mass is 246 g/mol. The highest BCUT2D eigenvalue weighted by molar-refractivity contribution is 5.93. The van der Waals surface area contributed by atoms with Crippen molar-refractivity contribution in [1.82, 2.24) is 19.5 Å². The SMILES string of the molecule is Cc1cn2cc(-c3c(C)noc3C(=O)O)nc2[nH]1. The van der Waals surface area contributed by atoms with Gasteiger partial charge in [0.15, 0.2) is 0 Å². The highest BCUT2D eigenvalue weighted by Crippen LogP contribution is 2.26. The van der Waals surface area contributed by atoms with E-state index in [-0.39, 0.29) is 5.76 Å². The zero-order valence-corrected chi connectivity index (χ0v) is 9.76. The van der Waals surface area contributed by atoms with E-state index in [9.17, 15) is 4.79 Å². The molecule has 2 N–H and O–H groups in total. The number of aromatic carboxylic acids is 1. The summed E-state index contributed by atoms with van der Waals surface area (Å²) in [6.45, 7) is 3.60. The van der Waals surface area contributed by atoms with E-state index in [2.05, 4.69) is 15.1 Å². The number of hydrogen-bond acceptors (Lipinski definition) is 4. The fraction of sp³-hybridized carbons (Fsp3) is 0.182. The molecule has 0 fully saturated rings. The van der Waals surface area contributed by atoms with Gasteiger partial charge in [0, 0.05) is 18.1 Å². The first-order chi connectivity index (χ1) is 8.56. The molecule has 0 amide bonds. The molecule has 0 atom stereocenters. The molecular formula is C11H10N4O3. The third kappa shape index (κ3) is 1.41. The summed E-state index contributed by atoms with van der Waals surface area (Å²) < 4.78 is 6.59. The maximum Gasteiger partial charge on any atom is 0.375 e. The summed E-state index contributed by atoms with van der Waals surface area (Å²) in [4.78, 5) is 18.4. The Bertz CT molecular complexity index is 718. The van der Waals surface area contributed by atoms with E-state index in [0.29, 0.717) is 22.7 Å². The number of rotatable bonds is 2. The van der Waals surface area contributed by atoms with Crippen molar-refractivity contribution in [2.24, 2.45) is 0 Å². The van der Waals surface area contributed by atoms with Crippen LogP contribution in [0.2, 0.25) is 0 Å². The van der Waals surface area contributed by atoms with Gasteiger partial charge >= 0.3 is 5.97 Å². The number of aromatic nitrogens is 4. The minimum Gasteiger partial charge on any atom is -0.475 e. The number of fused-ring (bicyclic) bond motifs is 1. The molecule has 18 heavy (non-hydrogen) atoms. The van der Waals surface area contributed by atoms with Gasteiger partial charge in [-0.05, 0) is 13.8 Å². The highest BCUT2D eigenvalue weighted by atomic mass is 16.5. The van der Waals surface area contributed by atoms with E-state index < -0.39 is 5.97 Å². The number of nitrogens with one attached hydrogen (secondary N) is 1. The number of carbonyl (C=O) groups is 1. The van der Waals surface area contributed by atoms with E-state index in [4.69, 9.17) is 9.63 Å². The minimum absolute atomic E-state index is 0.190. The van der Waals surface area contributed by atoms with Crippen LogP contribution in [0.4, 0.5) is 0 Å². The van der Waals surface area contributed by atoms with Crippen molar-refractivity contribution in [2.45, 2.75) is 13.8 Å². The van der Waals surface area contributed by atoms with Gasteiger partial charge in [-0.25, -0.2) is 9.78 Å². The Labute approximate surface area is 101 Å². The van der Waals surface area contributed by atoms with Crippen molar-refractivity contribution in [3.05, 3.63) is 29.5 Å². The van der Waals surface area contributed by atoms with Gasteiger partial charge in [-0.15, -0.1) is 0 Å². The van der Waals surface area contributed by atoms with Crippen molar-refractivity contribution in [2.75, 3.05) is 0 Å². The van der Waals surface area contributed by atoms with Crippen LogP contribution in [0.1, 0.15) is 21.9 Å². The van der Waals surface area contributed by atoms with Gasteiger partial charge in [0.25, 0.3) is 5.76 Å². The van der Waals surface area contributed by atoms with Crippen LogP contribution < -0.4 is 0 Å². The van der Waals surface area contributed by atoms with Gasteiger partial charge in [0.2, 0.25) is 5.78 Å². The van der Waals surface area contributed by atoms with Crippen molar-refractivity contribution >= 4 is 11.7 Å². The Morgan fingerprint density at radius 1 is 1.44 bits per heavy atom. The zero-order valence-electron chi connectivity index (χ0n) is 9.76. The van der Waals surface area contributed by atoms with Crippen molar-refractivity contribution in [3.8, 4) is 11.3 Å². The molecule has 7 heteroatoms. The summed E-state index contributed by atoms with van der Waals surface area (Å²) in [5, 5.41) is 12.7. The normalized spacial score (nSPS) is 11.2. The predicted molar refractivity (Wildman–Crippen MR) is 61.5 cm³/mol. The molecule has 0 unspecified atom stereocenters. The fourth-order valence-corrected chi connectivity index (χ4v) is 1.94. The quantitative estimate of drug-likeness (QED) is 0.716. The Morgan fingerprint density at radius 2 is 2.22 bits per heavy atom. The second-order valence-corrected chi connectivity index (χ2v) is 4.07. The second-order valence-electron chi connectivity index (χ2n) is 4.07. The van der Waals surface area contributed by atoms with Gasteiger partial charge in [0.1, 0.15) is 0 Å².